The maximum atomic E-state index is 11.9. The van der Waals surface area contributed by atoms with E-state index in [1.165, 1.54) is 0 Å². The number of likely N-dealkylation sites (N-methyl/N-ethyl adjacent to an activating group) is 1. The Hall–Kier alpha value is -2.12. The maximum absolute atomic E-state index is 11.9. The predicted octanol–water partition coefficient (Wildman–Crippen LogP) is -0.359. The summed E-state index contributed by atoms with van der Waals surface area (Å²) in [7, 11) is 1.87. The second-order valence-electron chi connectivity index (χ2n) is 5.01. The van der Waals surface area contributed by atoms with Gasteiger partial charge in [0.1, 0.15) is 0 Å². The number of nitrogens with one attached hydrogen (secondary N) is 3. The zero-order valence-corrected chi connectivity index (χ0v) is 12.9. The molecule has 0 saturated heterocycles. The molecule has 1 aromatic carbocycles. The van der Waals surface area contributed by atoms with Crippen LogP contribution in [0, 0.1) is 0 Å². The van der Waals surface area contributed by atoms with Gasteiger partial charge in [-0.05, 0) is 37.7 Å². The molecule has 22 heavy (non-hydrogen) atoms. The average molecular weight is 307 g/mol. The van der Waals surface area contributed by atoms with Crippen molar-refractivity contribution in [3.8, 4) is 0 Å². The van der Waals surface area contributed by atoms with Crippen molar-refractivity contribution in [2.24, 2.45) is 11.5 Å². The SMILES string of the molecule is CNC(CN)CNc1ccc(C(=O)NCCCC(N)=O)cc1. The molecule has 1 rings (SSSR count). The lowest BCUT2D eigenvalue weighted by molar-refractivity contribution is -0.118. The van der Waals surface area contributed by atoms with E-state index in [4.69, 9.17) is 11.5 Å². The van der Waals surface area contributed by atoms with Gasteiger partial charge in [-0.3, -0.25) is 9.59 Å². The second kappa shape index (κ2) is 9.75. The molecular formula is C15H25N5O2. The Bertz CT molecular complexity index is 471. The molecule has 0 saturated carbocycles. The monoisotopic (exact) mass is 307 g/mol. The van der Waals surface area contributed by atoms with Crippen LogP contribution < -0.4 is 27.4 Å². The lowest BCUT2D eigenvalue weighted by atomic mass is 10.2. The van der Waals surface area contributed by atoms with Crippen molar-refractivity contribution >= 4 is 17.5 Å². The van der Waals surface area contributed by atoms with Crippen molar-refractivity contribution in [1.82, 2.24) is 10.6 Å². The lowest BCUT2D eigenvalue weighted by Gasteiger charge is -2.15. The van der Waals surface area contributed by atoms with Gasteiger partial charge in [-0.15, -0.1) is 0 Å². The van der Waals surface area contributed by atoms with Gasteiger partial charge in [-0.2, -0.15) is 0 Å². The minimum absolute atomic E-state index is 0.161. The summed E-state index contributed by atoms with van der Waals surface area (Å²) in [6.07, 6.45) is 0.822. The first-order valence-electron chi connectivity index (χ1n) is 7.34. The molecule has 7 heteroatoms. The Kier molecular flexibility index (Phi) is 7.95. The van der Waals surface area contributed by atoms with Crippen LogP contribution in [0.1, 0.15) is 23.2 Å². The van der Waals surface area contributed by atoms with Crippen LogP contribution >= 0.6 is 0 Å². The van der Waals surface area contributed by atoms with Crippen molar-refractivity contribution in [3.63, 3.8) is 0 Å². The van der Waals surface area contributed by atoms with Crippen LogP contribution in [0.4, 0.5) is 5.69 Å². The van der Waals surface area contributed by atoms with Gasteiger partial charge < -0.3 is 27.4 Å². The Morgan fingerprint density at radius 2 is 1.91 bits per heavy atom. The standard InChI is InChI=1S/C15H25N5O2/c1-18-13(9-16)10-20-12-6-4-11(5-7-12)15(22)19-8-2-3-14(17)21/h4-7,13,18,20H,2-3,8-10,16H2,1H3,(H2,17,21)(H,19,22). The topological polar surface area (TPSA) is 122 Å². The molecule has 0 fully saturated rings. The highest BCUT2D eigenvalue weighted by molar-refractivity contribution is 5.94. The van der Waals surface area contributed by atoms with Gasteiger partial charge in [-0.25, -0.2) is 0 Å². The summed E-state index contributed by atoms with van der Waals surface area (Å²) in [6, 6.07) is 7.40. The Morgan fingerprint density at radius 3 is 2.45 bits per heavy atom. The third kappa shape index (κ3) is 6.55. The first kappa shape index (κ1) is 17.9. The number of hydrogen-bond donors (Lipinski definition) is 5. The molecular weight excluding hydrogens is 282 g/mol. The van der Waals surface area contributed by atoms with Gasteiger partial charge in [0, 0.05) is 43.3 Å². The molecule has 1 atom stereocenters. The van der Waals surface area contributed by atoms with Crippen LogP contribution in [0.25, 0.3) is 0 Å². The van der Waals surface area contributed by atoms with Crippen molar-refractivity contribution in [2.75, 3.05) is 32.0 Å². The fourth-order valence-electron chi connectivity index (χ4n) is 1.85. The number of rotatable bonds is 10. The quantitative estimate of drug-likeness (QED) is 0.378. The molecule has 0 aliphatic carbocycles. The van der Waals surface area contributed by atoms with E-state index in [-0.39, 0.29) is 24.3 Å². The molecule has 7 N–H and O–H groups in total. The van der Waals surface area contributed by atoms with Crippen molar-refractivity contribution in [1.29, 1.82) is 0 Å². The van der Waals surface area contributed by atoms with Crippen LogP contribution in [0.3, 0.4) is 0 Å². The van der Waals surface area contributed by atoms with Crippen LogP contribution in [0.5, 0.6) is 0 Å². The number of benzene rings is 1. The molecule has 0 aromatic heterocycles. The molecule has 0 spiro atoms. The normalized spacial score (nSPS) is 11.7. The molecule has 0 radical (unpaired) electrons. The van der Waals surface area contributed by atoms with Gasteiger partial charge in [0.05, 0.1) is 0 Å². The minimum Gasteiger partial charge on any atom is -0.383 e. The molecule has 2 amide bonds. The van der Waals surface area contributed by atoms with Crippen LogP contribution in [0.2, 0.25) is 0 Å². The highest BCUT2D eigenvalue weighted by Gasteiger charge is 2.06. The number of carbonyl (C=O) groups is 2. The molecule has 0 heterocycles. The van der Waals surface area contributed by atoms with Crippen molar-refractivity contribution < 1.29 is 9.59 Å². The summed E-state index contributed by atoms with van der Waals surface area (Å²) in [5.41, 5.74) is 12.1. The van der Waals surface area contributed by atoms with E-state index in [1.54, 1.807) is 12.1 Å². The zero-order chi connectivity index (χ0) is 16.4. The Labute approximate surface area is 130 Å². The average Bonchev–Trinajstić information content (AvgIpc) is 2.52. The van der Waals surface area contributed by atoms with Crippen LogP contribution in [0.15, 0.2) is 24.3 Å². The zero-order valence-electron chi connectivity index (χ0n) is 12.9. The van der Waals surface area contributed by atoms with E-state index in [2.05, 4.69) is 16.0 Å². The van der Waals surface area contributed by atoms with Crippen LogP contribution in [-0.2, 0) is 4.79 Å². The predicted molar refractivity (Wildman–Crippen MR) is 87.6 cm³/mol. The summed E-state index contributed by atoms with van der Waals surface area (Å²) >= 11 is 0. The van der Waals surface area contributed by atoms with Crippen molar-refractivity contribution in [2.45, 2.75) is 18.9 Å². The van der Waals surface area contributed by atoms with Crippen LogP contribution in [-0.4, -0.2) is 44.5 Å². The fourth-order valence-corrected chi connectivity index (χ4v) is 1.85. The third-order valence-electron chi connectivity index (χ3n) is 3.28. The van der Waals surface area contributed by atoms with Gasteiger partial charge in [-0.1, -0.05) is 0 Å². The van der Waals surface area contributed by atoms with E-state index in [0.29, 0.717) is 31.6 Å². The summed E-state index contributed by atoms with van der Waals surface area (Å²) in [4.78, 5) is 22.5. The van der Waals surface area contributed by atoms with E-state index in [9.17, 15) is 9.59 Å². The highest BCUT2D eigenvalue weighted by Crippen LogP contribution is 2.09. The molecule has 1 aromatic rings. The number of primary amides is 1. The number of anilines is 1. The molecule has 0 bridgehead atoms. The number of carbonyl (C=O) groups excluding carboxylic acids is 2. The van der Waals surface area contributed by atoms with Gasteiger partial charge in [0.15, 0.2) is 0 Å². The van der Waals surface area contributed by atoms with Gasteiger partial charge in [0.2, 0.25) is 5.91 Å². The van der Waals surface area contributed by atoms with Gasteiger partial charge >= 0.3 is 0 Å². The molecule has 0 aliphatic rings. The summed E-state index contributed by atoms with van der Waals surface area (Å²) in [5.74, 6) is -0.520. The summed E-state index contributed by atoms with van der Waals surface area (Å²) in [5, 5.41) is 9.10. The summed E-state index contributed by atoms with van der Waals surface area (Å²) in [6.45, 7) is 1.70. The second-order valence-corrected chi connectivity index (χ2v) is 5.01. The first-order valence-corrected chi connectivity index (χ1v) is 7.34. The highest BCUT2D eigenvalue weighted by atomic mass is 16.2. The van der Waals surface area contributed by atoms with E-state index in [0.717, 1.165) is 5.69 Å². The number of hydrogen-bond acceptors (Lipinski definition) is 5. The first-order chi connectivity index (χ1) is 10.6. The lowest BCUT2D eigenvalue weighted by Crippen LogP contribution is -2.39. The van der Waals surface area contributed by atoms with E-state index >= 15 is 0 Å². The molecule has 1 unspecified atom stereocenters. The largest absolute Gasteiger partial charge is 0.383 e. The number of nitrogens with two attached hydrogens (primary N) is 2. The molecule has 7 nitrogen and oxygen atoms in total. The summed E-state index contributed by atoms with van der Waals surface area (Å²) < 4.78 is 0. The van der Waals surface area contributed by atoms with E-state index in [1.807, 2.05) is 19.2 Å². The molecule has 122 valence electrons. The molecule has 0 aliphatic heterocycles. The Morgan fingerprint density at radius 1 is 1.23 bits per heavy atom. The fraction of sp³-hybridized carbons (Fsp3) is 0.467. The smallest absolute Gasteiger partial charge is 0.251 e. The van der Waals surface area contributed by atoms with E-state index < -0.39 is 0 Å². The third-order valence-corrected chi connectivity index (χ3v) is 3.28. The number of amides is 2. The van der Waals surface area contributed by atoms with Gasteiger partial charge in [0.25, 0.3) is 5.91 Å². The Balaban J connectivity index is 2.40. The maximum Gasteiger partial charge on any atom is 0.251 e. The minimum atomic E-state index is -0.359. The van der Waals surface area contributed by atoms with Crippen molar-refractivity contribution in [3.05, 3.63) is 29.8 Å².